The second kappa shape index (κ2) is 54.2. The van der Waals surface area contributed by atoms with Gasteiger partial charge < -0.3 is 33.8 Å². The van der Waals surface area contributed by atoms with Crippen molar-refractivity contribution in [3.63, 3.8) is 0 Å². The molecule has 19 heteroatoms. The Hall–Kier alpha value is -1.94. The molecule has 83 heavy (non-hydrogen) atoms. The first-order chi connectivity index (χ1) is 39.6. The van der Waals surface area contributed by atoms with Crippen LogP contribution in [0.1, 0.15) is 306 Å². The quantitative estimate of drug-likeness (QED) is 0.0222. The van der Waals surface area contributed by atoms with Crippen molar-refractivity contribution in [3.05, 3.63) is 0 Å². The van der Waals surface area contributed by atoms with Gasteiger partial charge in [-0.25, -0.2) is 9.13 Å². The average Bonchev–Trinajstić information content (AvgIpc) is 3.43. The fraction of sp³-hybridized carbons (Fsp3) is 0.938. The standard InChI is InChI=1S/C64H124O17P2/c1-9-57(8)43-35-27-21-23-29-37-45-62(67)75-51-59(80-63(68)46-38-30-19-15-11-13-17-25-33-41-55(4)5)52-78-82(70,71)76-48-58(65)49-77-83(72,73)79-53-60(81-64(69)47-39-31-22-20-26-34-42-56(6)7)50-74-61(66)44-36-28-18-14-10-12-16-24-32-40-54(2)3/h54-60,65H,9-53H2,1-8H3,(H,70,71)(H,72,73)/t57?,58-,59+,60+/m0/s1. The van der Waals surface area contributed by atoms with Crippen LogP contribution in [-0.4, -0.2) is 96.7 Å². The molecule has 0 aliphatic carbocycles. The SMILES string of the molecule is CCC(C)CCCCCCCCC(=O)OC[C@H](COP(=O)(O)OC[C@H](O)COP(=O)(O)OC[C@@H](COC(=O)CCCCCCCCCCCC(C)C)OC(=O)CCCCCCCCC(C)C)OC(=O)CCCCCCCCCCCC(C)C. The molecule has 492 valence electrons. The van der Waals surface area contributed by atoms with Crippen LogP contribution in [0.4, 0.5) is 0 Å². The zero-order valence-corrected chi connectivity index (χ0v) is 55.6. The van der Waals surface area contributed by atoms with Gasteiger partial charge in [0.1, 0.15) is 19.3 Å². The lowest BCUT2D eigenvalue weighted by Crippen LogP contribution is -2.30. The zero-order valence-electron chi connectivity index (χ0n) is 53.8. The van der Waals surface area contributed by atoms with Gasteiger partial charge in [-0.15, -0.1) is 0 Å². The van der Waals surface area contributed by atoms with E-state index in [2.05, 4.69) is 55.4 Å². The van der Waals surface area contributed by atoms with Gasteiger partial charge in [0.25, 0.3) is 0 Å². The highest BCUT2D eigenvalue weighted by Crippen LogP contribution is 2.45. The average molecular weight is 1230 g/mol. The molecule has 0 saturated carbocycles. The normalized spacial score (nSPS) is 14.8. The molecule has 0 amide bonds. The van der Waals surface area contributed by atoms with Crippen molar-refractivity contribution in [1.29, 1.82) is 0 Å². The van der Waals surface area contributed by atoms with Crippen molar-refractivity contribution in [1.82, 2.24) is 0 Å². The highest BCUT2D eigenvalue weighted by atomic mass is 31.2. The molecule has 0 spiro atoms. The molecule has 0 saturated heterocycles. The summed E-state index contributed by atoms with van der Waals surface area (Å²) in [4.78, 5) is 72.2. The van der Waals surface area contributed by atoms with Crippen molar-refractivity contribution in [2.45, 2.75) is 324 Å². The van der Waals surface area contributed by atoms with Crippen LogP contribution in [0.3, 0.4) is 0 Å². The summed E-state index contributed by atoms with van der Waals surface area (Å²) in [6.45, 7) is 13.9. The van der Waals surface area contributed by atoms with E-state index >= 15 is 0 Å². The maximum Gasteiger partial charge on any atom is 0.472 e. The largest absolute Gasteiger partial charge is 0.472 e. The van der Waals surface area contributed by atoms with E-state index in [-0.39, 0.29) is 25.7 Å². The van der Waals surface area contributed by atoms with Crippen LogP contribution in [0.25, 0.3) is 0 Å². The molecule has 3 unspecified atom stereocenters. The van der Waals surface area contributed by atoms with E-state index in [4.69, 9.17) is 37.0 Å². The molecular formula is C64H124O17P2. The summed E-state index contributed by atoms with van der Waals surface area (Å²) in [7, 11) is -9.89. The monoisotopic (exact) mass is 1230 g/mol. The minimum absolute atomic E-state index is 0.101. The Labute approximate surface area is 505 Å². The highest BCUT2D eigenvalue weighted by Gasteiger charge is 2.30. The molecule has 0 radical (unpaired) electrons. The molecule has 0 aliphatic heterocycles. The predicted octanol–water partition coefficient (Wildman–Crippen LogP) is 17.4. The Bertz CT molecular complexity index is 1660. The minimum atomic E-state index is -4.95. The lowest BCUT2D eigenvalue weighted by Gasteiger charge is -2.21. The second-order valence-electron chi connectivity index (χ2n) is 24.8. The predicted molar refractivity (Wildman–Crippen MR) is 331 cm³/mol. The van der Waals surface area contributed by atoms with Crippen LogP contribution in [-0.2, 0) is 65.4 Å². The van der Waals surface area contributed by atoms with Crippen LogP contribution in [0.5, 0.6) is 0 Å². The summed E-state index contributed by atoms with van der Waals surface area (Å²) < 4.78 is 68.0. The third kappa shape index (κ3) is 57.6. The van der Waals surface area contributed by atoms with E-state index in [0.29, 0.717) is 31.6 Å². The summed E-state index contributed by atoms with van der Waals surface area (Å²) in [5.74, 6) is 0.737. The smallest absolute Gasteiger partial charge is 0.462 e. The molecule has 0 aromatic carbocycles. The second-order valence-corrected chi connectivity index (χ2v) is 27.7. The van der Waals surface area contributed by atoms with E-state index in [9.17, 15) is 43.2 Å². The molecular weight excluding hydrogens is 1100 g/mol. The molecule has 0 fully saturated rings. The molecule has 0 aliphatic rings. The Balaban J connectivity index is 5.25. The molecule has 0 rings (SSSR count). The van der Waals surface area contributed by atoms with E-state index in [0.717, 1.165) is 114 Å². The topological polar surface area (TPSA) is 237 Å². The number of carbonyl (C=O) groups excluding carboxylic acids is 4. The van der Waals surface area contributed by atoms with Crippen molar-refractivity contribution in [3.8, 4) is 0 Å². The van der Waals surface area contributed by atoms with Crippen LogP contribution >= 0.6 is 15.6 Å². The number of phosphoric acid groups is 2. The van der Waals surface area contributed by atoms with Gasteiger partial charge in [0.05, 0.1) is 26.4 Å². The number of aliphatic hydroxyl groups excluding tert-OH is 1. The summed E-state index contributed by atoms with van der Waals surface area (Å²) >= 11 is 0. The molecule has 3 N–H and O–H groups in total. The number of carbonyl (C=O) groups is 4. The van der Waals surface area contributed by atoms with Crippen LogP contribution in [0.2, 0.25) is 0 Å². The van der Waals surface area contributed by atoms with Gasteiger partial charge in [-0.3, -0.25) is 37.3 Å². The van der Waals surface area contributed by atoms with E-state index in [1.807, 2.05) is 0 Å². The Morgan fingerprint density at radius 1 is 0.337 bits per heavy atom. The first kappa shape index (κ1) is 81.1. The van der Waals surface area contributed by atoms with Crippen molar-refractivity contribution < 1.29 is 80.2 Å². The summed E-state index contributed by atoms with van der Waals surface area (Å²) in [6, 6.07) is 0. The number of rotatable bonds is 61. The fourth-order valence-electron chi connectivity index (χ4n) is 9.40. The maximum absolute atomic E-state index is 13.0. The van der Waals surface area contributed by atoms with Crippen molar-refractivity contribution in [2.75, 3.05) is 39.6 Å². The number of ether oxygens (including phenoxy) is 4. The molecule has 0 aromatic heterocycles. The summed E-state index contributed by atoms with van der Waals surface area (Å²) in [5, 5.41) is 10.5. The van der Waals surface area contributed by atoms with Gasteiger partial charge in [0.15, 0.2) is 12.2 Å². The number of esters is 4. The van der Waals surface area contributed by atoms with Crippen LogP contribution < -0.4 is 0 Å². The van der Waals surface area contributed by atoms with Gasteiger partial charge in [-0.1, -0.05) is 254 Å². The van der Waals surface area contributed by atoms with Crippen molar-refractivity contribution in [2.24, 2.45) is 23.7 Å². The lowest BCUT2D eigenvalue weighted by molar-refractivity contribution is -0.161. The minimum Gasteiger partial charge on any atom is -0.462 e. The number of unbranched alkanes of at least 4 members (excludes halogenated alkanes) is 26. The van der Waals surface area contributed by atoms with Gasteiger partial charge in [0.2, 0.25) is 0 Å². The Morgan fingerprint density at radius 3 is 0.855 bits per heavy atom. The molecule has 17 nitrogen and oxygen atoms in total. The number of aliphatic hydroxyl groups is 1. The Kier molecular flexibility index (Phi) is 53.0. The first-order valence-electron chi connectivity index (χ1n) is 33.2. The fourth-order valence-corrected chi connectivity index (χ4v) is 11.0. The van der Waals surface area contributed by atoms with Gasteiger partial charge >= 0.3 is 39.5 Å². The third-order valence-electron chi connectivity index (χ3n) is 14.9. The molecule has 6 atom stereocenters. The van der Waals surface area contributed by atoms with Gasteiger partial charge in [-0.2, -0.15) is 0 Å². The number of phosphoric ester groups is 2. The number of hydrogen-bond acceptors (Lipinski definition) is 15. The lowest BCUT2D eigenvalue weighted by atomic mass is 10.00. The molecule has 0 bridgehead atoms. The highest BCUT2D eigenvalue weighted by molar-refractivity contribution is 7.47. The van der Waals surface area contributed by atoms with E-state index in [1.165, 1.54) is 103 Å². The van der Waals surface area contributed by atoms with E-state index in [1.54, 1.807) is 0 Å². The van der Waals surface area contributed by atoms with Gasteiger partial charge in [-0.05, 0) is 49.4 Å². The first-order valence-corrected chi connectivity index (χ1v) is 36.2. The summed E-state index contributed by atoms with van der Waals surface area (Å²) in [6.07, 6.45) is 33.7. The van der Waals surface area contributed by atoms with Crippen LogP contribution in [0, 0.1) is 23.7 Å². The van der Waals surface area contributed by atoms with Crippen LogP contribution in [0.15, 0.2) is 0 Å². The third-order valence-corrected chi connectivity index (χ3v) is 16.8. The molecule has 0 heterocycles. The zero-order chi connectivity index (χ0) is 61.8. The van der Waals surface area contributed by atoms with Crippen molar-refractivity contribution >= 4 is 39.5 Å². The summed E-state index contributed by atoms with van der Waals surface area (Å²) in [5.41, 5.74) is 0. The van der Waals surface area contributed by atoms with E-state index < -0.39 is 97.5 Å². The molecule has 0 aromatic rings. The Morgan fingerprint density at radius 2 is 0.578 bits per heavy atom. The number of hydrogen-bond donors (Lipinski definition) is 3. The maximum atomic E-state index is 13.0. The van der Waals surface area contributed by atoms with Gasteiger partial charge in [0, 0.05) is 25.7 Å².